The van der Waals surface area contributed by atoms with Gasteiger partial charge in [0, 0.05) is 12.1 Å². The summed E-state index contributed by atoms with van der Waals surface area (Å²) in [5.74, 6) is 0.302. The van der Waals surface area contributed by atoms with Crippen molar-refractivity contribution in [2.24, 2.45) is 5.92 Å². The van der Waals surface area contributed by atoms with Gasteiger partial charge in [-0.2, -0.15) is 0 Å². The van der Waals surface area contributed by atoms with Gasteiger partial charge in [-0.1, -0.05) is 0 Å². The SMILES string of the molecule is O=C(NC1(CO)CCC1)C1CC2CCC1N2. The van der Waals surface area contributed by atoms with E-state index >= 15 is 0 Å². The topological polar surface area (TPSA) is 61.4 Å². The van der Waals surface area contributed by atoms with Crippen LogP contribution < -0.4 is 10.6 Å². The van der Waals surface area contributed by atoms with Crippen LogP contribution in [0.2, 0.25) is 0 Å². The van der Waals surface area contributed by atoms with Crippen LogP contribution in [0.4, 0.5) is 0 Å². The number of amides is 1. The first-order valence-electron chi connectivity index (χ1n) is 6.41. The molecule has 1 amide bonds. The quantitative estimate of drug-likeness (QED) is 0.640. The number of aliphatic hydroxyl groups excluding tert-OH is 1. The zero-order valence-corrected chi connectivity index (χ0v) is 9.54. The lowest BCUT2D eigenvalue weighted by atomic mass is 9.76. The van der Waals surface area contributed by atoms with Gasteiger partial charge in [0.15, 0.2) is 0 Å². The van der Waals surface area contributed by atoms with Crippen LogP contribution in [0.1, 0.15) is 38.5 Å². The molecule has 2 bridgehead atoms. The minimum Gasteiger partial charge on any atom is -0.394 e. The number of hydrogen-bond acceptors (Lipinski definition) is 3. The van der Waals surface area contributed by atoms with Crippen molar-refractivity contribution >= 4 is 5.91 Å². The molecule has 4 heteroatoms. The molecule has 0 aromatic carbocycles. The molecule has 2 heterocycles. The predicted octanol–water partition coefficient (Wildman–Crippen LogP) is 0.158. The van der Waals surface area contributed by atoms with Crippen LogP contribution in [-0.2, 0) is 4.79 Å². The van der Waals surface area contributed by atoms with Gasteiger partial charge in [-0.25, -0.2) is 0 Å². The van der Waals surface area contributed by atoms with Crippen LogP contribution in [0.15, 0.2) is 0 Å². The lowest BCUT2D eigenvalue weighted by Crippen LogP contribution is -2.58. The first-order chi connectivity index (χ1) is 7.72. The summed E-state index contributed by atoms with van der Waals surface area (Å²) in [5, 5.41) is 15.9. The van der Waals surface area contributed by atoms with Gasteiger partial charge in [0.05, 0.1) is 18.1 Å². The summed E-state index contributed by atoms with van der Waals surface area (Å²) in [6.07, 6.45) is 6.33. The number of fused-ring (bicyclic) bond motifs is 2. The highest BCUT2D eigenvalue weighted by Crippen LogP contribution is 2.36. The van der Waals surface area contributed by atoms with Crippen LogP contribution in [0.3, 0.4) is 0 Å². The van der Waals surface area contributed by atoms with Crippen molar-refractivity contribution in [1.29, 1.82) is 0 Å². The molecule has 3 unspecified atom stereocenters. The van der Waals surface area contributed by atoms with E-state index in [1.165, 1.54) is 6.42 Å². The number of rotatable bonds is 3. The third-order valence-electron chi connectivity index (χ3n) is 4.64. The molecule has 16 heavy (non-hydrogen) atoms. The molecule has 2 aliphatic heterocycles. The molecule has 3 fully saturated rings. The fraction of sp³-hybridized carbons (Fsp3) is 0.917. The highest BCUT2D eigenvalue weighted by Gasteiger charge is 2.46. The van der Waals surface area contributed by atoms with E-state index in [0.29, 0.717) is 12.1 Å². The standard InChI is InChI=1S/C12H20N2O2/c15-7-12(4-1-5-12)14-11(16)9-6-8-2-3-10(9)13-8/h8-10,13,15H,1-7H2,(H,14,16). The molecular formula is C12H20N2O2. The van der Waals surface area contributed by atoms with E-state index in [2.05, 4.69) is 10.6 Å². The van der Waals surface area contributed by atoms with Crippen molar-refractivity contribution in [3.05, 3.63) is 0 Å². The molecular weight excluding hydrogens is 204 g/mol. The summed E-state index contributed by atoms with van der Waals surface area (Å²) in [4.78, 5) is 12.1. The van der Waals surface area contributed by atoms with Crippen molar-refractivity contribution < 1.29 is 9.90 Å². The van der Waals surface area contributed by atoms with Crippen molar-refractivity contribution in [1.82, 2.24) is 10.6 Å². The van der Waals surface area contributed by atoms with E-state index in [4.69, 9.17) is 0 Å². The lowest BCUT2D eigenvalue weighted by molar-refractivity contribution is -0.129. The van der Waals surface area contributed by atoms with Crippen LogP contribution in [0.5, 0.6) is 0 Å². The Morgan fingerprint density at radius 2 is 2.25 bits per heavy atom. The average Bonchev–Trinajstić information content (AvgIpc) is 2.84. The third kappa shape index (κ3) is 1.55. The zero-order chi connectivity index (χ0) is 11.2. The van der Waals surface area contributed by atoms with Gasteiger partial charge in [-0.3, -0.25) is 4.79 Å². The molecule has 3 aliphatic rings. The summed E-state index contributed by atoms with van der Waals surface area (Å²) >= 11 is 0. The first kappa shape index (κ1) is 10.5. The maximum atomic E-state index is 12.1. The summed E-state index contributed by atoms with van der Waals surface area (Å²) < 4.78 is 0. The highest BCUT2D eigenvalue weighted by atomic mass is 16.3. The van der Waals surface area contributed by atoms with Crippen molar-refractivity contribution in [3.8, 4) is 0 Å². The summed E-state index contributed by atoms with van der Waals surface area (Å²) in [6, 6.07) is 0.952. The molecule has 0 radical (unpaired) electrons. The Bertz CT molecular complexity index is 296. The Morgan fingerprint density at radius 3 is 2.69 bits per heavy atom. The van der Waals surface area contributed by atoms with Crippen molar-refractivity contribution in [2.45, 2.75) is 56.1 Å². The Labute approximate surface area is 95.8 Å². The number of carbonyl (C=O) groups is 1. The molecule has 3 rings (SSSR count). The second-order valence-corrected chi connectivity index (χ2v) is 5.67. The van der Waals surface area contributed by atoms with E-state index in [1.54, 1.807) is 0 Å². The largest absolute Gasteiger partial charge is 0.394 e. The van der Waals surface area contributed by atoms with Crippen LogP contribution >= 0.6 is 0 Å². The summed E-state index contributed by atoms with van der Waals surface area (Å²) in [7, 11) is 0. The maximum Gasteiger partial charge on any atom is 0.225 e. The maximum absolute atomic E-state index is 12.1. The van der Waals surface area contributed by atoms with Crippen molar-refractivity contribution in [2.75, 3.05) is 6.61 Å². The lowest BCUT2D eigenvalue weighted by Gasteiger charge is -2.42. The van der Waals surface area contributed by atoms with Crippen LogP contribution in [0.25, 0.3) is 0 Å². The molecule has 3 atom stereocenters. The Hall–Kier alpha value is -0.610. The summed E-state index contributed by atoms with van der Waals surface area (Å²) in [6.45, 7) is 0.0903. The highest BCUT2D eigenvalue weighted by molar-refractivity contribution is 5.81. The molecule has 1 saturated carbocycles. The molecule has 90 valence electrons. The number of carbonyl (C=O) groups excluding carboxylic acids is 1. The fourth-order valence-electron chi connectivity index (χ4n) is 3.39. The average molecular weight is 224 g/mol. The van der Waals surface area contributed by atoms with Gasteiger partial charge in [-0.15, -0.1) is 0 Å². The van der Waals surface area contributed by atoms with Crippen molar-refractivity contribution in [3.63, 3.8) is 0 Å². The minimum absolute atomic E-state index is 0.0903. The predicted molar refractivity (Wildman–Crippen MR) is 59.9 cm³/mol. The van der Waals surface area contributed by atoms with Gasteiger partial charge >= 0.3 is 0 Å². The molecule has 0 spiro atoms. The second-order valence-electron chi connectivity index (χ2n) is 5.67. The molecule has 1 aliphatic carbocycles. The van der Waals surface area contributed by atoms with Gasteiger partial charge in [-0.05, 0) is 38.5 Å². The normalized spacial score (nSPS) is 39.4. The monoisotopic (exact) mass is 224 g/mol. The Morgan fingerprint density at radius 1 is 1.44 bits per heavy atom. The molecule has 4 nitrogen and oxygen atoms in total. The Balaban J connectivity index is 1.61. The first-order valence-corrected chi connectivity index (χ1v) is 6.41. The zero-order valence-electron chi connectivity index (χ0n) is 9.54. The van der Waals surface area contributed by atoms with Crippen LogP contribution in [-0.4, -0.2) is 35.2 Å². The van der Waals surface area contributed by atoms with Gasteiger partial charge < -0.3 is 15.7 Å². The van der Waals surface area contributed by atoms with E-state index in [0.717, 1.165) is 32.1 Å². The molecule has 2 saturated heterocycles. The smallest absolute Gasteiger partial charge is 0.225 e. The summed E-state index contributed by atoms with van der Waals surface area (Å²) in [5.41, 5.74) is -0.279. The molecule has 0 aromatic heterocycles. The van der Waals surface area contributed by atoms with E-state index in [-0.39, 0.29) is 24.0 Å². The Kier molecular flexibility index (Phi) is 2.44. The third-order valence-corrected chi connectivity index (χ3v) is 4.64. The number of aliphatic hydroxyl groups is 1. The molecule has 3 N–H and O–H groups in total. The van der Waals surface area contributed by atoms with E-state index in [9.17, 15) is 9.90 Å². The van der Waals surface area contributed by atoms with Gasteiger partial charge in [0.1, 0.15) is 0 Å². The van der Waals surface area contributed by atoms with Crippen LogP contribution in [0, 0.1) is 5.92 Å². The second kappa shape index (κ2) is 3.70. The minimum atomic E-state index is -0.279. The van der Waals surface area contributed by atoms with Gasteiger partial charge in [0.25, 0.3) is 0 Å². The van der Waals surface area contributed by atoms with Gasteiger partial charge in [0.2, 0.25) is 5.91 Å². The van der Waals surface area contributed by atoms with E-state index < -0.39 is 0 Å². The number of nitrogens with one attached hydrogen (secondary N) is 2. The fourth-order valence-corrected chi connectivity index (χ4v) is 3.39. The van der Waals surface area contributed by atoms with E-state index in [1.807, 2.05) is 0 Å². The number of hydrogen-bond donors (Lipinski definition) is 3. The molecule has 0 aromatic rings.